The van der Waals surface area contributed by atoms with Crippen molar-refractivity contribution in [1.29, 1.82) is 0 Å². The average molecular weight is 453 g/mol. The molecular formula is C20H21ClN2O6S. The van der Waals surface area contributed by atoms with Gasteiger partial charge in [-0.3, -0.25) is 9.10 Å². The van der Waals surface area contributed by atoms with Crippen LogP contribution < -0.4 is 14.4 Å². The SMILES string of the molecule is CCOC(=O)c1ccc(NC(=O)[C@H]2CN(S(=O)(=O)CC)c3ccccc3O2)cc1Cl. The van der Waals surface area contributed by atoms with Gasteiger partial charge in [0.25, 0.3) is 5.91 Å². The van der Waals surface area contributed by atoms with Crippen molar-refractivity contribution in [3.8, 4) is 5.75 Å². The van der Waals surface area contributed by atoms with Gasteiger partial charge in [0.2, 0.25) is 10.0 Å². The minimum Gasteiger partial charge on any atom is -0.476 e. The van der Waals surface area contributed by atoms with Crippen LogP contribution in [0.25, 0.3) is 0 Å². The van der Waals surface area contributed by atoms with E-state index < -0.39 is 28.0 Å². The standard InChI is InChI=1S/C20H21ClN2O6S/c1-3-28-20(25)14-10-9-13(11-15(14)21)22-19(24)18-12-23(30(26,27)4-2)16-7-5-6-8-17(16)29-18/h5-11,18H,3-4,12H2,1-2H3,(H,22,24)/t18-/m1/s1. The Balaban J connectivity index is 1.81. The molecule has 3 rings (SSSR count). The summed E-state index contributed by atoms with van der Waals surface area (Å²) in [5, 5.41) is 2.77. The molecule has 2 aromatic carbocycles. The van der Waals surface area contributed by atoms with E-state index in [1.54, 1.807) is 31.2 Å². The second-order valence-electron chi connectivity index (χ2n) is 6.41. The number of esters is 1. The predicted octanol–water partition coefficient (Wildman–Crippen LogP) is 3.07. The summed E-state index contributed by atoms with van der Waals surface area (Å²) >= 11 is 6.13. The summed E-state index contributed by atoms with van der Waals surface area (Å²) in [5.41, 5.74) is 0.912. The Hall–Kier alpha value is -2.78. The van der Waals surface area contributed by atoms with Crippen LogP contribution in [0.15, 0.2) is 42.5 Å². The fourth-order valence-corrected chi connectivity index (χ4v) is 4.33. The number of ether oxygens (including phenoxy) is 2. The number of hydrogen-bond acceptors (Lipinski definition) is 6. The highest BCUT2D eigenvalue weighted by Gasteiger charge is 2.36. The molecule has 0 bridgehead atoms. The van der Waals surface area contributed by atoms with Gasteiger partial charge in [-0.05, 0) is 44.2 Å². The second kappa shape index (κ2) is 8.93. The fourth-order valence-electron chi connectivity index (χ4n) is 2.95. The minimum absolute atomic E-state index is 0.111. The van der Waals surface area contributed by atoms with Crippen LogP contribution in [0.4, 0.5) is 11.4 Å². The summed E-state index contributed by atoms with van der Waals surface area (Å²) in [7, 11) is -3.60. The van der Waals surface area contributed by atoms with Crippen LogP contribution in [-0.2, 0) is 19.6 Å². The highest BCUT2D eigenvalue weighted by Crippen LogP contribution is 2.35. The van der Waals surface area contributed by atoms with Crippen molar-refractivity contribution in [2.75, 3.05) is 28.5 Å². The largest absolute Gasteiger partial charge is 0.476 e. The first-order chi connectivity index (χ1) is 14.3. The topological polar surface area (TPSA) is 102 Å². The van der Waals surface area contributed by atoms with Crippen LogP contribution in [0.1, 0.15) is 24.2 Å². The third-order valence-electron chi connectivity index (χ3n) is 4.46. The molecular weight excluding hydrogens is 432 g/mol. The molecule has 30 heavy (non-hydrogen) atoms. The molecule has 8 nitrogen and oxygen atoms in total. The van der Waals surface area contributed by atoms with Crippen molar-refractivity contribution in [3.63, 3.8) is 0 Å². The molecule has 0 aliphatic carbocycles. The maximum absolute atomic E-state index is 12.8. The van der Waals surface area contributed by atoms with Gasteiger partial charge in [-0.15, -0.1) is 0 Å². The number of hydrogen-bond donors (Lipinski definition) is 1. The second-order valence-corrected chi connectivity index (χ2v) is 9.00. The van der Waals surface area contributed by atoms with Crippen molar-refractivity contribution in [3.05, 3.63) is 53.1 Å². The quantitative estimate of drug-likeness (QED) is 0.676. The molecule has 0 fully saturated rings. The Bertz CT molecular complexity index is 1070. The Morgan fingerprint density at radius 2 is 1.97 bits per heavy atom. The van der Waals surface area contributed by atoms with Gasteiger partial charge in [0, 0.05) is 5.69 Å². The Morgan fingerprint density at radius 3 is 2.63 bits per heavy atom. The van der Waals surface area contributed by atoms with E-state index in [1.165, 1.54) is 29.4 Å². The number of carbonyl (C=O) groups is 2. The molecule has 0 unspecified atom stereocenters. The van der Waals surface area contributed by atoms with Gasteiger partial charge in [-0.1, -0.05) is 23.7 Å². The average Bonchev–Trinajstić information content (AvgIpc) is 2.73. The van der Waals surface area contributed by atoms with Crippen molar-refractivity contribution < 1.29 is 27.5 Å². The Morgan fingerprint density at radius 1 is 1.23 bits per heavy atom. The lowest BCUT2D eigenvalue weighted by Gasteiger charge is -2.34. The van der Waals surface area contributed by atoms with E-state index in [2.05, 4.69) is 5.32 Å². The van der Waals surface area contributed by atoms with Crippen LogP contribution in [0.2, 0.25) is 5.02 Å². The van der Waals surface area contributed by atoms with Gasteiger partial charge in [0.15, 0.2) is 6.10 Å². The van der Waals surface area contributed by atoms with Crippen LogP contribution in [0.5, 0.6) is 5.75 Å². The molecule has 0 aromatic heterocycles. The number of para-hydroxylation sites is 2. The Labute approximate surface area is 179 Å². The molecule has 1 aliphatic heterocycles. The molecule has 1 N–H and O–H groups in total. The number of nitrogens with one attached hydrogen (secondary N) is 1. The molecule has 2 aromatic rings. The zero-order valence-corrected chi connectivity index (χ0v) is 18.0. The number of benzene rings is 2. The summed E-state index contributed by atoms with van der Waals surface area (Å²) in [6.45, 7) is 3.28. The van der Waals surface area contributed by atoms with Gasteiger partial charge < -0.3 is 14.8 Å². The molecule has 0 saturated heterocycles. The first-order valence-corrected chi connectivity index (χ1v) is 11.3. The van der Waals surface area contributed by atoms with Crippen molar-refractivity contribution in [2.45, 2.75) is 20.0 Å². The number of rotatable bonds is 6. The lowest BCUT2D eigenvalue weighted by molar-refractivity contribution is -0.122. The van der Waals surface area contributed by atoms with Crippen LogP contribution in [-0.4, -0.2) is 45.3 Å². The van der Waals surface area contributed by atoms with Crippen LogP contribution in [0, 0.1) is 0 Å². The minimum atomic E-state index is -3.60. The van der Waals surface area contributed by atoms with E-state index >= 15 is 0 Å². The molecule has 0 spiro atoms. The molecule has 1 atom stereocenters. The number of amides is 1. The lowest BCUT2D eigenvalue weighted by Crippen LogP contribution is -2.49. The molecule has 1 heterocycles. The summed E-state index contributed by atoms with van der Waals surface area (Å²) < 4.78 is 36.9. The zero-order chi connectivity index (χ0) is 21.9. The molecule has 0 saturated carbocycles. The number of nitrogens with zero attached hydrogens (tertiary/aromatic N) is 1. The van der Waals surface area contributed by atoms with Crippen LogP contribution >= 0.6 is 11.6 Å². The van der Waals surface area contributed by atoms with Crippen molar-refractivity contribution in [2.24, 2.45) is 0 Å². The summed E-state index contributed by atoms with van der Waals surface area (Å²) in [4.78, 5) is 24.6. The predicted molar refractivity (Wildman–Crippen MR) is 114 cm³/mol. The smallest absolute Gasteiger partial charge is 0.339 e. The van der Waals surface area contributed by atoms with E-state index in [-0.39, 0.29) is 29.5 Å². The monoisotopic (exact) mass is 452 g/mol. The van der Waals surface area contributed by atoms with Gasteiger partial charge in [0.1, 0.15) is 5.75 Å². The number of sulfonamides is 1. The number of anilines is 2. The van der Waals surface area contributed by atoms with Gasteiger partial charge in [-0.25, -0.2) is 13.2 Å². The maximum atomic E-state index is 12.8. The van der Waals surface area contributed by atoms with Crippen LogP contribution in [0.3, 0.4) is 0 Å². The molecule has 10 heteroatoms. The Kier molecular flexibility index (Phi) is 6.52. The van der Waals surface area contributed by atoms with Crippen molar-refractivity contribution in [1.82, 2.24) is 0 Å². The molecule has 0 radical (unpaired) electrons. The summed E-state index contributed by atoms with van der Waals surface area (Å²) in [5.74, 6) is -0.911. The third kappa shape index (κ3) is 4.52. The number of halogens is 1. The lowest BCUT2D eigenvalue weighted by atomic mass is 10.2. The highest BCUT2D eigenvalue weighted by atomic mass is 35.5. The molecule has 160 valence electrons. The molecule has 1 amide bonds. The maximum Gasteiger partial charge on any atom is 0.339 e. The van der Waals surface area contributed by atoms with E-state index in [0.717, 1.165) is 0 Å². The first-order valence-electron chi connectivity index (χ1n) is 9.30. The van der Waals surface area contributed by atoms with Gasteiger partial charge in [-0.2, -0.15) is 0 Å². The van der Waals surface area contributed by atoms with E-state index in [9.17, 15) is 18.0 Å². The van der Waals surface area contributed by atoms with Gasteiger partial charge >= 0.3 is 5.97 Å². The normalized spacial score (nSPS) is 15.7. The fraction of sp³-hybridized carbons (Fsp3) is 0.300. The van der Waals surface area contributed by atoms with E-state index in [0.29, 0.717) is 17.1 Å². The van der Waals surface area contributed by atoms with E-state index in [4.69, 9.17) is 21.1 Å². The first kappa shape index (κ1) is 21.9. The number of carbonyl (C=O) groups excluding carboxylic acids is 2. The van der Waals surface area contributed by atoms with Crippen molar-refractivity contribution >= 4 is 44.9 Å². The van der Waals surface area contributed by atoms with E-state index in [1.807, 2.05) is 0 Å². The summed E-state index contributed by atoms with van der Waals surface area (Å²) in [6, 6.07) is 11.0. The number of fused-ring (bicyclic) bond motifs is 1. The highest BCUT2D eigenvalue weighted by molar-refractivity contribution is 7.92. The molecule has 1 aliphatic rings. The zero-order valence-electron chi connectivity index (χ0n) is 16.4. The van der Waals surface area contributed by atoms with Gasteiger partial charge in [0.05, 0.1) is 35.2 Å². The third-order valence-corrected chi connectivity index (χ3v) is 6.52. The summed E-state index contributed by atoms with van der Waals surface area (Å²) in [6.07, 6.45) is -1.07.